The van der Waals surface area contributed by atoms with Crippen molar-refractivity contribution < 1.29 is 4.39 Å². The molecule has 0 radical (unpaired) electrons. The molecule has 1 aromatic rings. The highest BCUT2D eigenvalue weighted by Crippen LogP contribution is 1.86. The van der Waals surface area contributed by atoms with Crippen LogP contribution in [0, 0.1) is 6.08 Å². The highest BCUT2D eigenvalue weighted by atomic mass is 19.1. The Hall–Kier alpha value is -1.13. The van der Waals surface area contributed by atoms with Gasteiger partial charge in [0.05, 0.1) is 0 Å². The number of aromatic nitrogens is 3. The molecule has 56 valence electrons. The Bertz CT molecular complexity index is 288. The molecular weight excluding hydrogens is 137 g/mol. The van der Waals surface area contributed by atoms with Crippen molar-refractivity contribution in [1.29, 1.82) is 0 Å². The van der Waals surface area contributed by atoms with Gasteiger partial charge in [-0.05, 0) is 6.92 Å². The van der Waals surface area contributed by atoms with E-state index < -0.39 is 11.8 Å². The van der Waals surface area contributed by atoms with Crippen molar-refractivity contribution in [3.05, 3.63) is 16.6 Å². The molecular formula is C5H8FN3O. The molecule has 1 heterocycles. The Labute approximate surface area is 56.9 Å². The standard InChI is InChI=1S/C5H8FN3O/c1-3-9-4(6)7-8(2)5(9)10/h3H2,1-2H3. The summed E-state index contributed by atoms with van der Waals surface area (Å²) in [7, 11) is 1.41. The van der Waals surface area contributed by atoms with Gasteiger partial charge in [0.25, 0.3) is 0 Å². The summed E-state index contributed by atoms with van der Waals surface area (Å²) in [5.41, 5.74) is -0.417. The zero-order valence-corrected chi connectivity index (χ0v) is 5.83. The number of nitrogens with zero attached hydrogens (tertiary/aromatic N) is 3. The minimum Gasteiger partial charge on any atom is -0.252 e. The molecule has 4 nitrogen and oxygen atoms in total. The second kappa shape index (κ2) is 2.24. The van der Waals surface area contributed by atoms with E-state index in [1.54, 1.807) is 6.92 Å². The SMILES string of the molecule is CCn1c(F)nn(C)c1=O. The minimum atomic E-state index is -0.727. The molecule has 0 saturated carbocycles. The lowest BCUT2D eigenvalue weighted by Crippen LogP contribution is -2.22. The summed E-state index contributed by atoms with van der Waals surface area (Å²) in [6.45, 7) is 2.00. The molecule has 0 aliphatic carbocycles. The first-order chi connectivity index (χ1) is 4.66. The molecule has 5 heteroatoms. The van der Waals surface area contributed by atoms with Crippen LogP contribution in [0.5, 0.6) is 0 Å². The van der Waals surface area contributed by atoms with Crippen molar-refractivity contribution in [2.24, 2.45) is 7.05 Å². The molecule has 0 N–H and O–H groups in total. The molecule has 1 rings (SSSR count). The fourth-order valence-electron chi connectivity index (χ4n) is 0.740. The third-order valence-electron chi connectivity index (χ3n) is 1.28. The number of aryl methyl sites for hydroxylation is 1. The van der Waals surface area contributed by atoms with E-state index in [9.17, 15) is 9.18 Å². The van der Waals surface area contributed by atoms with Crippen molar-refractivity contribution in [3.63, 3.8) is 0 Å². The van der Waals surface area contributed by atoms with Crippen LogP contribution in [0.3, 0.4) is 0 Å². The number of halogens is 1. The van der Waals surface area contributed by atoms with E-state index in [1.165, 1.54) is 7.05 Å². The molecule has 0 fully saturated rings. The van der Waals surface area contributed by atoms with Gasteiger partial charge in [-0.25, -0.2) is 9.48 Å². The second-order valence-corrected chi connectivity index (χ2v) is 1.92. The first kappa shape index (κ1) is 6.98. The van der Waals surface area contributed by atoms with Crippen LogP contribution < -0.4 is 5.69 Å². The van der Waals surface area contributed by atoms with Crippen LogP contribution in [0.15, 0.2) is 4.79 Å². The summed E-state index contributed by atoms with van der Waals surface area (Å²) < 4.78 is 14.4. The summed E-state index contributed by atoms with van der Waals surface area (Å²) in [5.74, 6) is 0. The Morgan fingerprint density at radius 1 is 1.70 bits per heavy atom. The molecule has 0 unspecified atom stereocenters. The van der Waals surface area contributed by atoms with Gasteiger partial charge in [-0.2, -0.15) is 4.39 Å². The lowest BCUT2D eigenvalue weighted by molar-refractivity contribution is 0.468. The predicted molar refractivity (Wildman–Crippen MR) is 33.1 cm³/mol. The van der Waals surface area contributed by atoms with Crippen molar-refractivity contribution in [2.45, 2.75) is 13.5 Å². The molecule has 0 atom stereocenters. The second-order valence-electron chi connectivity index (χ2n) is 1.92. The van der Waals surface area contributed by atoms with Gasteiger partial charge in [0.2, 0.25) is 0 Å². The van der Waals surface area contributed by atoms with E-state index in [2.05, 4.69) is 5.10 Å². The van der Waals surface area contributed by atoms with Crippen LogP contribution in [0.25, 0.3) is 0 Å². The fraction of sp³-hybridized carbons (Fsp3) is 0.600. The zero-order chi connectivity index (χ0) is 7.72. The van der Waals surface area contributed by atoms with Crippen molar-refractivity contribution >= 4 is 0 Å². The van der Waals surface area contributed by atoms with E-state index >= 15 is 0 Å². The van der Waals surface area contributed by atoms with Crippen LogP contribution in [-0.2, 0) is 13.6 Å². The lowest BCUT2D eigenvalue weighted by Gasteiger charge is -1.89. The molecule has 0 bridgehead atoms. The normalized spacial score (nSPS) is 10.3. The molecule has 0 aliphatic rings. The van der Waals surface area contributed by atoms with Crippen LogP contribution in [0.1, 0.15) is 6.92 Å². The monoisotopic (exact) mass is 145 g/mol. The highest BCUT2D eigenvalue weighted by Gasteiger charge is 2.06. The molecule has 0 aliphatic heterocycles. The van der Waals surface area contributed by atoms with Gasteiger partial charge in [0.1, 0.15) is 0 Å². The van der Waals surface area contributed by atoms with Crippen molar-refractivity contribution in [2.75, 3.05) is 0 Å². The molecule has 0 spiro atoms. The average Bonchev–Trinajstić information content (AvgIpc) is 2.09. The number of rotatable bonds is 1. The van der Waals surface area contributed by atoms with E-state index in [0.717, 1.165) is 9.25 Å². The molecule has 0 aromatic carbocycles. The molecule has 1 aromatic heterocycles. The summed E-state index contributed by atoms with van der Waals surface area (Å²) >= 11 is 0. The maximum absolute atomic E-state index is 12.5. The Morgan fingerprint density at radius 2 is 2.30 bits per heavy atom. The topological polar surface area (TPSA) is 39.8 Å². The fourth-order valence-corrected chi connectivity index (χ4v) is 0.740. The van der Waals surface area contributed by atoms with E-state index in [4.69, 9.17) is 0 Å². The van der Waals surface area contributed by atoms with Crippen LogP contribution in [-0.4, -0.2) is 14.3 Å². The van der Waals surface area contributed by atoms with Gasteiger partial charge in [0, 0.05) is 13.6 Å². The maximum Gasteiger partial charge on any atom is 0.347 e. The van der Waals surface area contributed by atoms with Gasteiger partial charge in [-0.15, -0.1) is 5.10 Å². The number of hydrogen-bond donors (Lipinski definition) is 0. The first-order valence-corrected chi connectivity index (χ1v) is 2.96. The van der Waals surface area contributed by atoms with Crippen LogP contribution in [0.4, 0.5) is 4.39 Å². The minimum absolute atomic E-state index is 0.318. The van der Waals surface area contributed by atoms with E-state index in [1.807, 2.05) is 0 Å². The van der Waals surface area contributed by atoms with Crippen LogP contribution in [0.2, 0.25) is 0 Å². The largest absolute Gasteiger partial charge is 0.347 e. The summed E-state index contributed by atoms with van der Waals surface area (Å²) in [6, 6.07) is 0. The predicted octanol–water partition coefficient (Wildman–Crippen LogP) is -0.259. The Morgan fingerprint density at radius 3 is 2.50 bits per heavy atom. The summed E-state index contributed by atoms with van der Waals surface area (Å²) in [6.07, 6.45) is -0.727. The summed E-state index contributed by atoms with van der Waals surface area (Å²) in [4.78, 5) is 10.8. The van der Waals surface area contributed by atoms with Gasteiger partial charge >= 0.3 is 11.8 Å². The first-order valence-electron chi connectivity index (χ1n) is 2.96. The average molecular weight is 145 g/mol. The van der Waals surface area contributed by atoms with Crippen molar-refractivity contribution in [1.82, 2.24) is 14.3 Å². The summed E-state index contributed by atoms with van der Waals surface area (Å²) in [5, 5.41) is 3.28. The smallest absolute Gasteiger partial charge is 0.252 e. The van der Waals surface area contributed by atoms with E-state index in [0.29, 0.717) is 6.54 Å². The quantitative estimate of drug-likeness (QED) is 0.546. The maximum atomic E-state index is 12.5. The van der Waals surface area contributed by atoms with Gasteiger partial charge < -0.3 is 0 Å². The van der Waals surface area contributed by atoms with Gasteiger partial charge in [0.15, 0.2) is 0 Å². The van der Waals surface area contributed by atoms with Crippen molar-refractivity contribution in [3.8, 4) is 0 Å². The Kier molecular flexibility index (Phi) is 1.57. The lowest BCUT2D eigenvalue weighted by atomic mass is 10.7. The number of hydrogen-bond acceptors (Lipinski definition) is 2. The molecule has 0 amide bonds. The third kappa shape index (κ3) is 0.832. The molecule has 10 heavy (non-hydrogen) atoms. The highest BCUT2D eigenvalue weighted by molar-refractivity contribution is 4.68. The van der Waals surface area contributed by atoms with Crippen LogP contribution >= 0.6 is 0 Å². The van der Waals surface area contributed by atoms with Gasteiger partial charge in [-0.1, -0.05) is 0 Å². The third-order valence-corrected chi connectivity index (χ3v) is 1.28. The van der Waals surface area contributed by atoms with E-state index in [-0.39, 0.29) is 0 Å². The zero-order valence-electron chi connectivity index (χ0n) is 5.83. The van der Waals surface area contributed by atoms with Gasteiger partial charge in [-0.3, -0.25) is 4.57 Å². The molecule has 0 saturated heterocycles. The Balaban J connectivity index is 3.34.